The maximum atomic E-state index is 3.57. The lowest BCUT2D eigenvalue weighted by molar-refractivity contribution is 0.508. The van der Waals surface area contributed by atoms with Crippen molar-refractivity contribution in [3.63, 3.8) is 0 Å². The van der Waals surface area contributed by atoms with Crippen molar-refractivity contribution < 1.29 is 0 Å². The SMILES string of the molecule is CCCNC(C)CCN1CCN(C)c2ccccc21. The lowest BCUT2D eigenvalue weighted by Gasteiger charge is -2.37. The second-order valence-corrected chi connectivity index (χ2v) is 5.54. The molecule has 1 aliphatic rings. The van der Waals surface area contributed by atoms with Gasteiger partial charge in [0.2, 0.25) is 0 Å². The van der Waals surface area contributed by atoms with Gasteiger partial charge < -0.3 is 15.1 Å². The molecule has 1 N–H and O–H groups in total. The van der Waals surface area contributed by atoms with E-state index in [1.807, 2.05) is 0 Å². The molecule has 0 saturated heterocycles. The molecule has 1 aromatic carbocycles. The van der Waals surface area contributed by atoms with E-state index in [2.05, 4.69) is 60.3 Å². The molecular weight excluding hydrogens is 234 g/mol. The van der Waals surface area contributed by atoms with Crippen molar-refractivity contribution in [3.8, 4) is 0 Å². The molecule has 2 rings (SSSR count). The fourth-order valence-corrected chi connectivity index (χ4v) is 2.64. The Hall–Kier alpha value is -1.22. The molecule has 3 nitrogen and oxygen atoms in total. The highest BCUT2D eigenvalue weighted by atomic mass is 15.2. The molecular formula is C16H27N3. The largest absolute Gasteiger partial charge is 0.371 e. The first-order chi connectivity index (χ1) is 9.22. The van der Waals surface area contributed by atoms with Crippen LogP contribution in [0, 0.1) is 0 Å². The summed E-state index contributed by atoms with van der Waals surface area (Å²) in [5.74, 6) is 0. The first-order valence-electron chi connectivity index (χ1n) is 7.51. The minimum absolute atomic E-state index is 0.603. The van der Waals surface area contributed by atoms with Crippen LogP contribution in [-0.2, 0) is 0 Å². The molecule has 1 atom stereocenters. The first-order valence-corrected chi connectivity index (χ1v) is 7.51. The molecule has 19 heavy (non-hydrogen) atoms. The van der Waals surface area contributed by atoms with Crippen LogP contribution >= 0.6 is 0 Å². The zero-order valence-electron chi connectivity index (χ0n) is 12.5. The van der Waals surface area contributed by atoms with E-state index >= 15 is 0 Å². The van der Waals surface area contributed by atoms with Crippen molar-refractivity contribution in [2.75, 3.05) is 43.0 Å². The second kappa shape index (κ2) is 6.80. The van der Waals surface area contributed by atoms with Crippen molar-refractivity contribution in [1.29, 1.82) is 0 Å². The Morgan fingerprint density at radius 1 is 1.21 bits per heavy atom. The fourth-order valence-electron chi connectivity index (χ4n) is 2.64. The van der Waals surface area contributed by atoms with Crippen molar-refractivity contribution in [2.24, 2.45) is 0 Å². The lowest BCUT2D eigenvalue weighted by Crippen LogP contribution is -2.41. The summed E-state index contributed by atoms with van der Waals surface area (Å²) < 4.78 is 0. The number of likely N-dealkylation sites (N-methyl/N-ethyl adjacent to an activating group) is 1. The zero-order valence-corrected chi connectivity index (χ0v) is 12.5. The fraction of sp³-hybridized carbons (Fsp3) is 0.625. The molecule has 106 valence electrons. The number of hydrogen-bond donors (Lipinski definition) is 1. The standard InChI is InChI=1S/C16H27N3/c1-4-10-17-14(2)9-11-19-13-12-18(3)15-7-5-6-8-16(15)19/h5-8,14,17H,4,9-13H2,1-3H3. The van der Waals surface area contributed by atoms with Gasteiger partial charge in [0.1, 0.15) is 0 Å². The summed E-state index contributed by atoms with van der Waals surface area (Å²) in [5, 5.41) is 3.57. The van der Waals surface area contributed by atoms with Crippen LogP contribution in [0.1, 0.15) is 26.7 Å². The molecule has 0 saturated carbocycles. The van der Waals surface area contributed by atoms with E-state index in [4.69, 9.17) is 0 Å². The molecule has 1 aliphatic heterocycles. The van der Waals surface area contributed by atoms with Gasteiger partial charge >= 0.3 is 0 Å². The number of hydrogen-bond acceptors (Lipinski definition) is 3. The van der Waals surface area contributed by atoms with Gasteiger partial charge in [0, 0.05) is 32.7 Å². The van der Waals surface area contributed by atoms with E-state index in [0.29, 0.717) is 6.04 Å². The quantitative estimate of drug-likeness (QED) is 0.849. The van der Waals surface area contributed by atoms with Gasteiger partial charge in [-0.25, -0.2) is 0 Å². The maximum Gasteiger partial charge on any atom is 0.0604 e. The highest BCUT2D eigenvalue weighted by Gasteiger charge is 2.19. The predicted octanol–water partition coefficient (Wildman–Crippen LogP) is 2.72. The van der Waals surface area contributed by atoms with Crippen molar-refractivity contribution in [1.82, 2.24) is 5.32 Å². The van der Waals surface area contributed by atoms with Gasteiger partial charge in [-0.3, -0.25) is 0 Å². The summed E-state index contributed by atoms with van der Waals surface area (Å²) in [6.45, 7) is 9.03. The minimum atomic E-state index is 0.603. The number of para-hydroxylation sites is 2. The Morgan fingerprint density at radius 2 is 1.95 bits per heavy atom. The lowest BCUT2D eigenvalue weighted by atomic mass is 10.1. The highest BCUT2D eigenvalue weighted by molar-refractivity contribution is 5.72. The average Bonchev–Trinajstić information content (AvgIpc) is 2.45. The van der Waals surface area contributed by atoms with Crippen molar-refractivity contribution in [3.05, 3.63) is 24.3 Å². The summed E-state index contributed by atoms with van der Waals surface area (Å²) in [6, 6.07) is 9.34. The highest BCUT2D eigenvalue weighted by Crippen LogP contribution is 2.31. The monoisotopic (exact) mass is 261 g/mol. The number of benzene rings is 1. The number of rotatable bonds is 6. The van der Waals surface area contributed by atoms with Gasteiger partial charge in [-0.1, -0.05) is 19.1 Å². The Kier molecular flexibility index (Phi) is 5.08. The molecule has 0 spiro atoms. The topological polar surface area (TPSA) is 18.5 Å². The smallest absolute Gasteiger partial charge is 0.0604 e. The summed E-state index contributed by atoms with van der Waals surface area (Å²) in [7, 11) is 2.18. The number of fused-ring (bicyclic) bond motifs is 1. The van der Waals surface area contributed by atoms with Crippen LogP contribution in [0.3, 0.4) is 0 Å². The normalized spacial score (nSPS) is 16.4. The van der Waals surface area contributed by atoms with E-state index < -0.39 is 0 Å². The van der Waals surface area contributed by atoms with E-state index in [-0.39, 0.29) is 0 Å². The van der Waals surface area contributed by atoms with Crippen LogP contribution in [0.4, 0.5) is 11.4 Å². The van der Waals surface area contributed by atoms with Crippen LogP contribution in [0.25, 0.3) is 0 Å². The minimum Gasteiger partial charge on any atom is -0.371 e. The second-order valence-electron chi connectivity index (χ2n) is 5.54. The van der Waals surface area contributed by atoms with E-state index in [0.717, 1.165) is 26.2 Å². The van der Waals surface area contributed by atoms with Crippen LogP contribution in [-0.4, -0.2) is 39.3 Å². The zero-order chi connectivity index (χ0) is 13.7. The van der Waals surface area contributed by atoms with Gasteiger partial charge in [0.25, 0.3) is 0 Å². The Bertz CT molecular complexity index is 391. The van der Waals surface area contributed by atoms with E-state index in [1.165, 1.54) is 24.2 Å². The van der Waals surface area contributed by atoms with Gasteiger partial charge in [0.15, 0.2) is 0 Å². The van der Waals surface area contributed by atoms with Crippen LogP contribution < -0.4 is 15.1 Å². The third-order valence-electron chi connectivity index (χ3n) is 3.91. The molecule has 1 heterocycles. The maximum absolute atomic E-state index is 3.57. The molecule has 1 unspecified atom stereocenters. The van der Waals surface area contributed by atoms with Crippen molar-refractivity contribution >= 4 is 11.4 Å². The summed E-state index contributed by atoms with van der Waals surface area (Å²) in [5.41, 5.74) is 2.75. The van der Waals surface area contributed by atoms with E-state index in [9.17, 15) is 0 Å². The van der Waals surface area contributed by atoms with Crippen LogP contribution in [0.5, 0.6) is 0 Å². The molecule has 0 amide bonds. The van der Waals surface area contributed by atoms with Crippen molar-refractivity contribution in [2.45, 2.75) is 32.7 Å². The molecule has 0 aromatic heterocycles. The molecule has 1 aromatic rings. The Morgan fingerprint density at radius 3 is 2.68 bits per heavy atom. The van der Waals surface area contributed by atoms with Gasteiger partial charge in [-0.2, -0.15) is 0 Å². The van der Waals surface area contributed by atoms with E-state index in [1.54, 1.807) is 0 Å². The Balaban J connectivity index is 1.93. The molecule has 3 heteroatoms. The summed E-state index contributed by atoms with van der Waals surface area (Å²) in [6.07, 6.45) is 2.42. The van der Waals surface area contributed by atoms with Crippen LogP contribution in [0.2, 0.25) is 0 Å². The summed E-state index contributed by atoms with van der Waals surface area (Å²) >= 11 is 0. The molecule has 0 radical (unpaired) electrons. The Labute approximate surface area is 117 Å². The molecule has 0 aliphatic carbocycles. The van der Waals surface area contributed by atoms with Gasteiger partial charge in [0.05, 0.1) is 11.4 Å². The van der Waals surface area contributed by atoms with Gasteiger partial charge in [-0.05, 0) is 38.4 Å². The summed E-state index contributed by atoms with van der Waals surface area (Å²) in [4.78, 5) is 4.88. The first kappa shape index (κ1) is 14.2. The van der Waals surface area contributed by atoms with Gasteiger partial charge in [-0.15, -0.1) is 0 Å². The van der Waals surface area contributed by atoms with Crippen LogP contribution in [0.15, 0.2) is 24.3 Å². The third kappa shape index (κ3) is 3.63. The number of anilines is 2. The average molecular weight is 261 g/mol. The predicted molar refractivity (Wildman–Crippen MR) is 84.3 cm³/mol. The number of nitrogens with zero attached hydrogens (tertiary/aromatic N) is 2. The molecule has 0 bridgehead atoms. The number of nitrogens with one attached hydrogen (secondary N) is 1. The molecule has 0 fully saturated rings. The third-order valence-corrected chi connectivity index (χ3v) is 3.91.